The zero-order chi connectivity index (χ0) is 24.9. The fourth-order valence-electron chi connectivity index (χ4n) is 3.99. The van der Waals surface area contributed by atoms with Gasteiger partial charge in [0.05, 0.1) is 42.8 Å². The molecule has 5 aromatic rings. The Hall–Kier alpha value is -4.59. The minimum absolute atomic E-state index is 0.138. The third-order valence-electron chi connectivity index (χ3n) is 5.89. The number of aromatic nitrogens is 3. The minimum atomic E-state index is -0.138. The maximum atomic E-state index is 13.6. The van der Waals surface area contributed by atoms with E-state index in [0.29, 0.717) is 53.5 Å². The van der Waals surface area contributed by atoms with Gasteiger partial charge in [-0.25, -0.2) is 9.67 Å². The molecule has 36 heavy (non-hydrogen) atoms. The van der Waals surface area contributed by atoms with E-state index < -0.39 is 0 Å². The minimum Gasteiger partial charge on any atom is -0.493 e. The summed E-state index contributed by atoms with van der Waals surface area (Å²) in [5, 5.41) is 5.20. The first-order valence-electron chi connectivity index (χ1n) is 11.6. The zero-order valence-electron chi connectivity index (χ0n) is 20.1. The van der Waals surface area contributed by atoms with Crippen LogP contribution >= 0.6 is 0 Å². The van der Waals surface area contributed by atoms with Crippen molar-refractivity contribution in [3.63, 3.8) is 0 Å². The van der Waals surface area contributed by atoms with E-state index in [1.807, 2.05) is 72.8 Å². The van der Waals surface area contributed by atoms with Gasteiger partial charge < -0.3 is 18.8 Å². The first-order chi connectivity index (χ1) is 17.6. The van der Waals surface area contributed by atoms with E-state index in [1.54, 1.807) is 36.2 Å². The molecule has 0 spiro atoms. The van der Waals surface area contributed by atoms with Crippen molar-refractivity contribution < 1.29 is 18.7 Å². The second kappa shape index (κ2) is 10.4. The quantitative estimate of drug-likeness (QED) is 0.297. The Morgan fingerprint density at radius 2 is 1.81 bits per heavy atom. The van der Waals surface area contributed by atoms with Crippen LogP contribution in [-0.2, 0) is 6.54 Å². The average Bonchev–Trinajstić information content (AvgIpc) is 3.59. The van der Waals surface area contributed by atoms with E-state index in [-0.39, 0.29) is 5.91 Å². The van der Waals surface area contributed by atoms with Crippen LogP contribution in [0.2, 0.25) is 0 Å². The molecule has 0 N–H and O–H groups in total. The summed E-state index contributed by atoms with van der Waals surface area (Å²) in [5.41, 5.74) is 2.77. The van der Waals surface area contributed by atoms with Crippen LogP contribution in [0.1, 0.15) is 16.1 Å². The summed E-state index contributed by atoms with van der Waals surface area (Å²) in [7, 11) is 3.36. The Bertz CT molecular complexity index is 1460. The molecule has 0 atom stereocenters. The Morgan fingerprint density at radius 3 is 2.56 bits per heavy atom. The molecule has 0 saturated heterocycles. The predicted octanol–water partition coefficient (Wildman–Crippen LogP) is 4.90. The van der Waals surface area contributed by atoms with Gasteiger partial charge in [-0.05, 0) is 30.3 Å². The number of fused-ring (bicyclic) bond motifs is 1. The molecule has 3 heterocycles. The molecule has 0 aliphatic rings. The number of hydrogen-bond acceptors (Lipinski definition) is 6. The highest BCUT2D eigenvalue weighted by Gasteiger charge is 2.21. The molecule has 0 fully saturated rings. The van der Waals surface area contributed by atoms with Crippen molar-refractivity contribution in [1.82, 2.24) is 19.7 Å². The fraction of sp³-hybridized carbons (Fsp3) is 0.179. The lowest BCUT2D eigenvalue weighted by Crippen LogP contribution is -2.31. The summed E-state index contributed by atoms with van der Waals surface area (Å²) in [4.78, 5) is 20.1. The number of carbonyl (C=O) groups excluding carboxylic acids is 1. The normalized spacial score (nSPS) is 10.9. The van der Waals surface area contributed by atoms with E-state index in [9.17, 15) is 4.79 Å². The summed E-state index contributed by atoms with van der Waals surface area (Å²) in [6, 6.07) is 22.8. The monoisotopic (exact) mass is 482 g/mol. The third kappa shape index (κ3) is 4.79. The van der Waals surface area contributed by atoms with E-state index in [1.165, 1.54) is 0 Å². The number of carbonyl (C=O) groups is 1. The van der Waals surface area contributed by atoms with Gasteiger partial charge in [0.2, 0.25) is 0 Å². The SMILES string of the molecule is COc1ccccc1OCCN(C)C(=O)c1cc(-c2ccccc2)nc2c1cnn2Cc1ccco1. The van der Waals surface area contributed by atoms with E-state index in [2.05, 4.69) is 5.10 Å². The van der Waals surface area contributed by atoms with Crippen LogP contribution in [0.3, 0.4) is 0 Å². The molecule has 0 bridgehead atoms. The summed E-state index contributed by atoms with van der Waals surface area (Å²) in [6.07, 6.45) is 3.31. The number of hydrogen-bond donors (Lipinski definition) is 0. The smallest absolute Gasteiger partial charge is 0.254 e. The van der Waals surface area contributed by atoms with Crippen molar-refractivity contribution in [2.75, 3.05) is 27.3 Å². The van der Waals surface area contributed by atoms with Gasteiger partial charge >= 0.3 is 0 Å². The molecule has 182 valence electrons. The van der Waals surface area contributed by atoms with E-state index >= 15 is 0 Å². The van der Waals surface area contributed by atoms with Crippen LogP contribution in [0, 0.1) is 0 Å². The third-order valence-corrected chi connectivity index (χ3v) is 5.89. The highest BCUT2D eigenvalue weighted by atomic mass is 16.5. The maximum absolute atomic E-state index is 13.6. The Kier molecular flexibility index (Phi) is 6.66. The molecule has 0 aliphatic carbocycles. The number of methoxy groups -OCH3 is 1. The highest BCUT2D eigenvalue weighted by molar-refractivity contribution is 6.06. The van der Waals surface area contributed by atoms with Crippen LogP contribution in [0.15, 0.2) is 89.7 Å². The van der Waals surface area contributed by atoms with Crippen LogP contribution in [0.5, 0.6) is 11.5 Å². The van der Waals surface area contributed by atoms with Crippen molar-refractivity contribution >= 4 is 16.9 Å². The molecule has 0 unspecified atom stereocenters. The molecule has 3 aromatic heterocycles. The second-order valence-electron chi connectivity index (χ2n) is 8.27. The van der Waals surface area contributed by atoms with Gasteiger partial charge in [-0.3, -0.25) is 4.79 Å². The Labute approximate surface area is 208 Å². The lowest BCUT2D eigenvalue weighted by atomic mass is 10.1. The standard InChI is InChI=1S/C28H26N4O4/c1-31(14-16-36-26-13-7-6-12-25(26)34-2)28(33)22-17-24(20-9-4-3-5-10-20)30-27-23(22)18-29-32(27)19-21-11-8-15-35-21/h3-13,15,17-18H,14,16,19H2,1-2H3. The molecule has 1 amide bonds. The number of rotatable bonds is 9. The fourth-order valence-corrected chi connectivity index (χ4v) is 3.99. The van der Waals surface area contributed by atoms with Gasteiger partial charge in [0.15, 0.2) is 17.1 Å². The van der Waals surface area contributed by atoms with Crippen LogP contribution in [0.25, 0.3) is 22.3 Å². The van der Waals surface area contributed by atoms with E-state index in [0.717, 1.165) is 11.3 Å². The van der Waals surface area contributed by atoms with Crippen LogP contribution < -0.4 is 9.47 Å². The first kappa shape index (κ1) is 23.2. The summed E-state index contributed by atoms with van der Waals surface area (Å²) < 4.78 is 18.5. The van der Waals surface area contributed by atoms with Crippen molar-refractivity contribution in [3.05, 3.63) is 96.6 Å². The topological polar surface area (TPSA) is 82.6 Å². The summed E-state index contributed by atoms with van der Waals surface area (Å²) >= 11 is 0. The van der Waals surface area contributed by atoms with Crippen molar-refractivity contribution in [2.45, 2.75) is 6.54 Å². The average molecular weight is 483 g/mol. The molecule has 5 rings (SSSR count). The molecule has 2 aromatic carbocycles. The number of likely N-dealkylation sites (N-methyl/N-ethyl adjacent to an activating group) is 1. The lowest BCUT2D eigenvalue weighted by Gasteiger charge is -2.19. The Morgan fingerprint density at radius 1 is 1.03 bits per heavy atom. The zero-order valence-corrected chi connectivity index (χ0v) is 20.1. The molecular formula is C28H26N4O4. The number of para-hydroxylation sites is 2. The molecule has 0 radical (unpaired) electrons. The lowest BCUT2D eigenvalue weighted by molar-refractivity contribution is 0.0775. The summed E-state index contributed by atoms with van der Waals surface area (Å²) in [5.74, 6) is 1.91. The van der Waals surface area contributed by atoms with Gasteiger partial charge in [-0.15, -0.1) is 0 Å². The van der Waals surface area contributed by atoms with E-state index in [4.69, 9.17) is 18.9 Å². The van der Waals surface area contributed by atoms with Crippen molar-refractivity contribution in [2.24, 2.45) is 0 Å². The van der Waals surface area contributed by atoms with Crippen molar-refractivity contribution in [3.8, 4) is 22.8 Å². The molecular weight excluding hydrogens is 456 g/mol. The molecule has 8 nitrogen and oxygen atoms in total. The largest absolute Gasteiger partial charge is 0.493 e. The summed E-state index contributed by atoms with van der Waals surface area (Å²) in [6.45, 7) is 1.12. The Balaban J connectivity index is 1.43. The number of nitrogens with zero attached hydrogens (tertiary/aromatic N) is 4. The molecule has 8 heteroatoms. The second-order valence-corrected chi connectivity index (χ2v) is 8.27. The van der Waals surface area contributed by atoms with Gasteiger partial charge in [0.1, 0.15) is 18.9 Å². The van der Waals surface area contributed by atoms with Gasteiger partial charge in [-0.2, -0.15) is 5.10 Å². The van der Waals surface area contributed by atoms with Crippen LogP contribution in [-0.4, -0.2) is 52.9 Å². The van der Waals surface area contributed by atoms with Gasteiger partial charge in [0, 0.05) is 12.6 Å². The van der Waals surface area contributed by atoms with Gasteiger partial charge in [-0.1, -0.05) is 42.5 Å². The van der Waals surface area contributed by atoms with Crippen LogP contribution in [0.4, 0.5) is 0 Å². The van der Waals surface area contributed by atoms with Gasteiger partial charge in [0.25, 0.3) is 5.91 Å². The number of furan rings is 1. The number of benzene rings is 2. The molecule has 0 saturated carbocycles. The molecule has 0 aliphatic heterocycles. The number of pyridine rings is 1. The van der Waals surface area contributed by atoms with Crippen molar-refractivity contribution in [1.29, 1.82) is 0 Å². The highest BCUT2D eigenvalue weighted by Crippen LogP contribution is 2.27. The first-order valence-corrected chi connectivity index (χ1v) is 11.6. The number of ether oxygens (including phenoxy) is 2. The predicted molar refractivity (Wildman–Crippen MR) is 136 cm³/mol. The maximum Gasteiger partial charge on any atom is 0.254 e. The number of amides is 1.